The molecule has 0 spiro atoms. The normalized spacial score (nSPS) is 27.9. The van der Waals surface area contributed by atoms with Crippen LogP contribution in [-0.4, -0.2) is 15.9 Å². The van der Waals surface area contributed by atoms with Crippen molar-refractivity contribution in [2.45, 2.75) is 51.2 Å². The highest BCUT2D eigenvalue weighted by atomic mass is 32.2. The van der Waals surface area contributed by atoms with E-state index in [0.29, 0.717) is 0 Å². The van der Waals surface area contributed by atoms with Gasteiger partial charge in [0.2, 0.25) is 5.91 Å². The second-order valence-electron chi connectivity index (χ2n) is 4.35. The standard InChI is InChI=1S/C11H19NO2S/c1-4-5-6-7-8(2)11(3)9(13)12-10(14)15-11/h8H,4-7H2,1-3H3,(H,12,13,14). The van der Waals surface area contributed by atoms with Crippen LogP contribution in [0.1, 0.15) is 46.5 Å². The van der Waals surface area contributed by atoms with Gasteiger partial charge in [-0.2, -0.15) is 0 Å². The fraction of sp³-hybridized carbons (Fsp3) is 0.818. The second kappa shape index (κ2) is 5.01. The van der Waals surface area contributed by atoms with E-state index in [0.717, 1.165) is 24.6 Å². The van der Waals surface area contributed by atoms with Gasteiger partial charge in [-0.1, -0.05) is 33.1 Å². The Labute approximate surface area is 95.4 Å². The molecule has 2 atom stereocenters. The van der Waals surface area contributed by atoms with Gasteiger partial charge in [0, 0.05) is 0 Å². The van der Waals surface area contributed by atoms with E-state index in [2.05, 4.69) is 19.2 Å². The van der Waals surface area contributed by atoms with Crippen LogP contribution in [-0.2, 0) is 4.79 Å². The third-order valence-corrected chi connectivity index (χ3v) is 4.45. The molecule has 1 N–H and O–H groups in total. The molecule has 4 heteroatoms. The van der Waals surface area contributed by atoms with E-state index in [-0.39, 0.29) is 17.1 Å². The molecule has 0 saturated carbocycles. The van der Waals surface area contributed by atoms with Crippen LogP contribution < -0.4 is 5.32 Å². The zero-order valence-electron chi connectivity index (χ0n) is 9.63. The first kappa shape index (κ1) is 12.6. The largest absolute Gasteiger partial charge is 0.286 e. The van der Waals surface area contributed by atoms with Crippen molar-refractivity contribution in [2.75, 3.05) is 0 Å². The molecule has 0 aromatic heterocycles. The molecule has 3 nitrogen and oxygen atoms in total. The van der Waals surface area contributed by atoms with Crippen LogP contribution >= 0.6 is 11.8 Å². The summed E-state index contributed by atoms with van der Waals surface area (Å²) >= 11 is 1.14. The van der Waals surface area contributed by atoms with Gasteiger partial charge < -0.3 is 0 Å². The van der Waals surface area contributed by atoms with Crippen LogP contribution in [0, 0.1) is 5.92 Å². The minimum Gasteiger partial charge on any atom is -0.286 e. The Morgan fingerprint density at radius 2 is 2.07 bits per heavy atom. The predicted molar refractivity (Wildman–Crippen MR) is 62.8 cm³/mol. The monoisotopic (exact) mass is 229 g/mol. The molecule has 2 amide bonds. The smallest absolute Gasteiger partial charge is 0.286 e. The van der Waals surface area contributed by atoms with Crippen molar-refractivity contribution < 1.29 is 9.59 Å². The summed E-state index contributed by atoms with van der Waals surface area (Å²) < 4.78 is -0.551. The maximum atomic E-state index is 11.6. The molecule has 0 bridgehead atoms. The molecule has 86 valence electrons. The number of carbonyl (C=O) groups is 2. The van der Waals surface area contributed by atoms with Crippen molar-refractivity contribution in [1.29, 1.82) is 0 Å². The van der Waals surface area contributed by atoms with Gasteiger partial charge in [0.05, 0.1) is 0 Å². The molecule has 2 unspecified atom stereocenters. The van der Waals surface area contributed by atoms with Crippen molar-refractivity contribution >= 4 is 22.9 Å². The Morgan fingerprint density at radius 1 is 1.40 bits per heavy atom. The quantitative estimate of drug-likeness (QED) is 0.737. The SMILES string of the molecule is CCCCCC(C)C1(C)SC(=O)NC1=O. The average Bonchev–Trinajstić information content (AvgIpc) is 2.42. The third kappa shape index (κ3) is 2.74. The van der Waals surface area contributed by atoms with Crippen molar-refractivity contribution in [3.8, 4) is 0 Å². The summed E-state index contributed by atoms with van der Waals surface area (Å²) in [5, 5.41) is 2.16. The zero-order chi connectivity index (χ0) is 11.5. The lowest BCUT2D eigenvalue weighted by Gasteiger charge is -2.26. The van der Waals surface area contributed by atoms with Gasteiger partial charge in [-0.3, -0.25) is 14.9 Å². The minimum atomic E-state index is -0.551. The Hall–Kier alpha value is -0.510. The fourth-order valence-corrected chi connectivity index (χ4v) is 2.77. The van der Waals surface area contributed by atoms with E-state index in [1.54, 1.807) is 0 Å². The van der Waals surface area contributed by atoms with Crippen molar-refractivity contribution in [2.24, 2.45) is 5.92 Å². The Morgan fingerprint density at radius 3 is 2.53 bits per heavy atom. The summed E-state index contributed by atoms with van der Waals surface area (Å²) in [4.78, 5) is 22.8. The number of thioether (sulfide) groups is 1. The number of carbonyl (C=O) groups excluding carboxylic acids is 2. The Bertz CT molecular complexity index is 267. The molecule has 15 heavy (non-hydrogen) atoms. The zero-order valence-corrected chi connectivity index (χ0v) is 10.4. The number of hydrogen-bond donors (Lipinski definition) is 1. The van der Waals surface area contributed by atoms with Crippen LogP contribution in [0.15, 0.2) is 0 Å². The van der Waals surface area contributed by atoms with E-state index in [1.807, 2.05) is 6.92 Å². The van der Waals surface area contributed by atoms with Crippen LogP contribution in [0.5, 0.6) is 0 Å². The molecule has 1 heterocycles. The highest BCUT2D eigenvalue weighted by Gasteiger charge is 2.47. The lowest BCUT2D eigenvalue weighted by molar-refractivity contribution is -0.122. The Kier molecular flexibility index (Phi) is 4.20. The summed E-state index contributed by atoms with van der Waals surface area (Å²) in [7, 11) is 0. The third-order valence-electron chi connectivity index (χ3n) is 3.15. The lowest BCUT2D eigenvalue weighted by atomic mass is 9.89. The van der Waals surface area contributed by atoms with Crippen LogP contribution in [0.25, 0.3) is 0 Å². The second-order valence-corrected chi connectivity index (χ2v) is 5.77. The van der Waals surface area contributed by atoms with E-state index >= 15 is 0 Å². The molecule has 0 aromatic carbocycles. The van der Waals surface area contributed by atoms with Crippen molar-refractivity contribution in [3.63, 3.8) is 0 Å². The molecule has 1 rings (SSSR count). The van der Waals surface area contributed by atoms with E-state index in [1.165, 1.54) is 12.8 Å². The van der Waals surface area contributed by atoms with Gasteiger partial charge in [-0.05, 0) is 31.0 Å². The van der Waals surface area contributed by atoms with Gasteiger partial charge in [0.25, 0.3) is 5.24 Å². The fourth-order valence-electron chi connectivity index (χ4n) is 1.78. The van der Waals surface area contributed by atoms with Crippen LogP contribution in [0.4, 0.5) is 4.79 Å². The number of nitrogens with one attached hydrogen (secondary N) is 1. The van der Waals surface area contributed by atoms with E-state index in [4.69, 9.17) is 0 Å². The van der Waals surface area contributed by atoms with E-state index < -0.39 is 4.75 Å². The summed E-state index contributed by atoms with van der Waals surface area (Å²) in [5.74, 6) is 0.127. The number of imide groups is 1. The van der Waals surface area contributed by atoms with Crippen LogP contribution in [0.3, 0.4) is 0 Å². The van der Waals surface area contributed by atoms with Crippen molar-refractivity contribution in [3.05, 3.63) is 0 Å². The van der Waals surface area contributed by atoms with Crippen molar-refractivity contribution in [1.82, 2.24) is 5.32 Å². The highest BCUT2D eigenvalue weighted by Crippen LogP contribution is 2.40. The first-order valence-corrected chi connectivity index (χ1v) is 6.36. The number of unbranched alkanes of at least 4 members (excludes halogenated alkanes) is 2. The summed E-state index contributed by atoms with van der Waals surface area (Å²) in [5.41, 5.74) is 0. The summed E-state index contributed by atoms with van der Waals surface area (Å²) in [6.45, 7) is 6.09. The minimum absolute atomic E-state index is 0.124. The molecule has 0 aliphatic carbocycles. The Balaban J connectivity index is 2.53. The summed E-state index contributed by atoms with van der Waals surface area (Å²) in [6.07, 6.45) is 4.52. The van der Waals surface area contributed by atoms with Gasteiger partial charge in [0.1, 0.15) is 4.75 Å². The molecule has 1 saturated heterocycles. The molecule has 1 aliphatic heterocycles. The van der Waals surface area contributed by atoms with Gasteiger partial charge in [0.15, 0.2) is 0 Å². The maximum absolute atomic E-state index is 11.6. The molecule has 0 radical (unpaired) electrons. The van der Waals surface area contributed by atoms with E-state index in [9.17, 15) is 9.59 Å². The molecular weight excluding hydrogens is 210 g/mol. The molecule has 1 fully saturated rings. The maximum Gasteiger partial charge on any atom is 0.286 e. The van der Waals surface area contributed by atoms with Crippen LogP contribution in [0.2, 0.25) is 0 Å². The molecule has 1 aliphatic rings. The molecular formula is C11H19NO2S. The number of hydrogen-bond acceptors (Lipinski definition) is 3. The summed E-state index contributed by atoms with van der Waals surface area (Å²) in [6, 6.07) is 0. The van der Waals surface area contributed by atoms with Gasteiger partial charge in [-0.15, -0.1) is 0 Å². The first-order valence-electron chi connectivity index (χ1n) is 5.55. The average molecular weight is 229 g/mol. The number of amides is 2. The van der Waals surface area contributed by atoms with Gasteiger partial charge in [-0.25, -0.2) is 0 Å². The lowest BCUT2D eigenvalue weighted by Crippen LogP contribution is -2.39. The number of rotatable bonds is 5. The first-order chi connectivity index (χ1) is 7.00. The van der Waals surface area contributed by atoms with Gasteiger partial charge >= 0.3 is 0 Å². The highest BCUT2D eigenvalue weighted by molar-refractivity contribution is 8.16. The topological polar surface area (TPSA) is 46.2 Å². The predicted octanol–water partition coefficient (Wildman–Crippen LogP) is 2.94. The molecule has 0 aromatic rings.